The third kappa shape index (κ3) is 2.75. The van der Waals surface area contributed by atoms with Gasteiger partial charge in [0.15, 0.2) is 0 Å². The fourth-order valence-electron chi connectivity index (χ4n) is 2.88. The smallest absolute Gasteiger partial charge is 0.106 e. The summed E-state index contributed by atoms with van der Waals surface area (Å²) in [7, 11) is 0. The molecule has 0 saturated heterocycles. The van der Waals surface area contributed by atoms with E-state index in [1.165, 1.54) is 6.42 Å². The SMILES string of the molecule is CCCNC1CCC(O)(c2ccnn2CC)CC1. The Morgan fingerprint density at radius 2 is 2.17 bits per heavy atom. The van der Waals surface area contributed by atoms with E-state index in [0.29, 0.717) is 6.04 Å². The van der Waals surface area contributed by atoms with E-state index in [1.54, 1.807) is 6.20 Å². The molecule has 4 heteroatoms. The van der Waals surface area contributed by atoms with Gasteiger partial charge in [-0.05, 0) is 51.6 Å². The highest BCUT2D eigenvalue weighted by Crippen LogP contribution is 2.36. The van der Waals surface area contributed by atoms with Crippen LogP contribution >= 0.6 is 0 Å². The zero-order valence-electron chi connectivity index (χ0n) is 11.5. The normalized spacial score (nSPS) is 28.5. The molecule has 1 fully saturated rings. The van der Waals surface area contributed by atoms with Gasteiger partial charge in [0.1, 0.15) is 5.60 Å². The predicted octanol–water partition coefficient (Wildman–Crippen LogP) is 2.03. The van der Waals surface area contributed by atoms with Crippen molar-refractivity contribution in [1.29, 1.82) is 0 Å². The van der Waals surface area contributed by atoms with E-state index in [-0.39, 0.29) is 0 Å². The molecule has 0 amide bonds. The van der Waals surface area contributed by atoms with Crippen LogP contribution in [0, 0.1) is 0 Å². The third-order valence-electron chi connectivity index (χ3n) is 3.99. The molecule has 1 aromatic heterocycles. The molecule has 0 spiro atoms. The lowest BCUT2D eigenvalue weighted by Gasteiger charge is -2.36. The zero-order valence-corrected chi connectivity index (χ0v) is 11.5. The fourth-order valence-corrected chi connectivity index (χ4v) is 2.88. The molecule has 1 aromatic rings. The van der Waals surface area contributed by atoms with Gasteiger partial charge >= 0.3 is 0 Å². The Bertz CT molecular complexity index is 367. The zero-order chi connectivity index (χ0) is 13.0. The van der Waals surface area contributed by atoms with Crippen LogP contribution in [-0.4, -0.2) is 27.5 Å². The van der Waals surface area contributed by atoms with E-state index in [2.05, 4.69) is 24.3 Å². The third-order valence-corrected chi connectivity index (χ3v) is 3.99. The topological polar surface area (TPSA) is 50.1 Å². The Labute approximate surface area is 109 Å². The van der Waals surface area contributed by atoms with Gasteiger partial charge in [0.2, 0.25) is 0 Å². The number of aryl methyl sites for hydroxylation is 1. The fraction of sp³-hybridized carbons (Fsp3) is 0.786. The van der Waals surface area contributed by atoms with Crippen LogP contribution in [0.5, 0.6) is 0 Å². The highest BCUT2D eigenvalue weighted by molar-refractivity contribution is 5.13. The Kier molecular flexibility index (Phi) is 4.40. The lowest BCUT2D eigenvalue weighted by Crippen LogP contribution is -2.41. The Morgan fingerprint density at radius 3 is 2.78 bits per heavy atom. The summed E-state index contributed by atoms with van der Waals surface area (Å²) in [6.45, 7) is 6.15. The van der Waals surface area contributed by atoms with Crippen molar-refractivity contribution < 1.29 is 5.11 Å². The number of nitrogens with zero attached hydrogens (tertiary/aromatic N) is 2. The van der Waals surface area contributed by atoms with Crippen molar-refractivity contribution in [3.05, 3.63) is 18.0 Å². The summed E-state index contributed by atoms with van der Waals surface area (Å²) in [6, 6.07) is 2.53. The summed E-state index contributed by atoms with van der Waals surface area (Å²) in [4.78, 5) is 0. The van der Waals surface area contributed by atoms with E-state index in [9.17, 15) is 5.11 Å². The largest absolute Gasteiger partial charge is 0.384 e. The van der Waals surface area contributed by atoms with Crippen LogP contribution in [0.1, 0.15) is 51.6 Å². The van der Waals surface area contributed by atoms with Crippen molar-refractivity contribution in [2.24, 2.45) is 0 Å². The first-order chi connectivity index (χ1) is 8.69. The number of hydrogen-bond donors (Lipinski definition) is 2. The van der Waals surface area contributed by atoms with Crippen molar-refractivity contribution in [2.45, 2.75) is 64.1 Å². The van der Waals surface area contributed by atoms with Gasteiger partial charge in [-0.3, -0.25) is 4.68 Å². The van der Waals surface area contributed by atoms with Crippen LogP contribution in [0.4, 0.5) is 0 Å². The molecule has 1 saturated carbocycles. The van der Waals surface area contributed by atoms with Crippen LogP contribution in [0.3, 0.4) is 0 Å². The minimum absolute atomic E-state index is 0.572. The molecule has 1 aliphatic carbocycles. The maximum Gasteiger partial charge on any atom is 0.106 e. The molecule has 0 unspecified atom stereocenters. The van der Waals surface area contributed by atoms with Crippen LogP contribution in [-0.2, 0) is 12.1 Å². The molecule has 1 aliphatic rings. The van der Waals surface area contributed by atoms with Gasteiger partial charge in [0.25, 0.3) is 0 Å². The summed E-state index contributed by atoms with van der Waals surface area (Å²) in [5.41, 5.74) is 0.315. The second kappa shape index (κ2) is 5.85. The summed E-state index contributed by atoms with van der Waals surface area (Å²) < 4.78 is 1.92. The molecule has 0 radical (unpaired) electrons. The van der Waals surface area contributed by atoms with Gasteiger partial charge in [-0.15, -0.1) is 0 Å². The monoisotopic (exact) mass is 251 g/mol. The van der Waals surface area contributed by atoms with Crippen molar-refractivity contribution in [3.63, 3.8) is 0 Å². The van der Waals surface area contributed by atoms with E-state index in [1.807, 2.05) is 10.7 Å². The molecular formula is C14H25N3O. The second-order valence-electron chi connectivity index (χ2n) is 5.29. The van der Waals surface area contributed by atoms with Gasteiger partial charge in [0, 0.05) is 18.8 Å². The minimum atomic E-state index is -0.670. The molecule has 0 bridgehead atoms. The first kappa shape index (κ1) is 13.6. The molecule has 1 heterocycles. The number of aromatic nitrogens is 2. The number of aliphatic hydroxyl groups is 1. The number of rotatable bonds is 5. The van der Waals surface area contributed by atoms with Crippen molar-refractivity contribution in [3.8, 4) is 0 Å². The van der Waals surface area contributed by atoms with Crippen molar-refractivity contribution >= 4 is 0 Å². The molecule has 0 aromatic carbocycles. The second-order valence-corrected chi connectivity index (χ2v) is 5.29. The predicted molar refractivity (Wildman–Crippen MR) is 72.3 cm³/mol. The first-order valence-electron chi connectivity index (χ1n) is 7.17. The van der Waals surface area contributed by atoms with E-state index in [0.717, 1.165) is 44.5 Å². The highest BCUT2D eigenvalue weighted by atomic mass is 16.3. The molecular weight excluding hydrogens is 226 g/mol. The maximum absolute atomic E-state index is 10.8. The van der Waals surface area contributed by atoms with Gasteiger partial charge in [0.05, 0.1) is 5.69 Å². The van der Waals surface area contributed by atoms with Gasteiger partial charge in [-0.2, -0.15) is 5.10 Å². The van der Waals surface area contributed by atoms with Crippen LogP contribution in [0.2, 0.25) is 0 Å². The summed E-state index contributed by atoms with van der Waals surface area (Å²) >= 11 is 0. The molecule has 0 aliphatic heterocycles. The average Bonchev–Trinajstić information content (AvgIpc) is 2.87. The molecule has 0 atom stereocenters. The summed E-state index contributed by atoms with van der Waals surface area (Å²) in [5.74, 6) is 0. The first-order valence-corrected chi connectivity index (χ1v) is 7.17. The van der Waals surface area contributed by atoms with Gasteiger partial charge in [-0.1, -0.05) is 6.92 Å². The quantitative estimate of drug-likeness (QED) is 0.842. The van der Waals surface area contributed by atoms with Crippen LogP contribution < -0.4 is 5.32 Å². The van der Waals surface area contributed by atoms with Crippen LogP contribution in [0.15, 0.2) is 12.3 Å². The Morgan fingerprint density at radius 1 is 1.44 bits per heavy atom. The van der Waals surface area contributed by atoms with Gasteiger partial charge < -0.3 is 10.4 Å². The van der Waals surface area contributed by atoms with E-state index < -0.39 is 5.60 Å². The van der Waals surface area contributed by atoms with Gasteiger partial charge in [-0.25, -0.2) is 0 Å². The average molecular weight is 251 g/mol. The lowest BCUT2D eigenvalue weighted by molar-refractivity contribution is -0.0159. The Hall–Kier alpha value is -0.870. The molecule has 18 heavy (non-hydrogen) atoms. The molecule has 102 valence electrons. The molecule has 2 rings (SSSR count). The van der Waals surface area contributed by atoms with E-state index in [4.69, 9.17) is 0 Å². The molecule has 2 N–H and O–H groups in total. The lowest BCUT2D eigenvalue weighted by atomic mass is 9.80. The van der Waals surface area contributed by atoms with Crippen molar-refractivity contribution in [2.75, 3.05) is 6.54 Å². The maximum atomic E-state index is 10.8. The number of nitrogens with one attached hydrogen (secondary N) is 1. The molecule has 4 nitrogen and oxygen atoms in total. The minimum Gasteiger partial charge on any atom is -0.384 e. The van der Waals surface area contributed by atoms with Crippen LogP contribution in [0.25, 0.3) is 0 Å². The summed E-state index contributed by atoms with van der Waals surface area (Å²) in [6.07, 6.45) is 6.72. The summed E-state index contributed by atoms with van der Waals surface area (Å²) in [5, 5.41) is 18.6. The van der Waals surface area contributed by atoms with Crippen molar-refractivity contribution in [1.82, 2.24) is 15.1 Å². The highest BCUT2D eigenvalue weighted by Gasteiger charge is 2.36. The Balaban J connectivity index is 1.98. The standard InChI is InChI=1S/C14H25N3O/c1-3-10-15-12-5-8-14(18,9-6-12)13-7-11-16-17(13)4-2/h7,11-12,15,18H,3-6,8-10H2,1-2H3. The number of hydrogen-bond acceptors (Lipinski definition) is 3. The van der Waals surface area contributed by atoms with E-state index >= 15 is 0 Å².